The second-order valence-electron chi connectivity index (χ2n) is 6.26. The minimum atomic E-state index is -1.08. The number of hydrogen-bond acceptors (Lipinski definition) is 7. The summed E-state index contributed by atoms with van der Waals surface area (Å²) in [5.74, 6) is -0.759. The third-order valence-corrected chi connectivity index (χ3v) is 4.30. The van der Waals surface area contributed by atoms with Gasteiger partial charge in [-0.1, -0.05) is 30.3 Å². The normalized spacial score (nSPS) is 14.7. The van der Waals surface area contributed by atoms with Crippen LogP contribution in [0.2, 0.25) is 0 Å². The van der Waals surface area contributed by atoms with Crippen LogP contribution in [-0.2, 0) is 19.1 Å². The monoisotopic (exact) mass is 400 g/mol. The van der Waals surface area contributed by atoms with Crippen LogP contribution in [0.5, 0.6) is 5.75 Å². The van der Waals surface area contributed by atoms with Gasteiger partial charge < -0.3 is 19.1 Å². The molecule has 0 aromatic heterocycles. The molecule has 1 amide bonds. The second-order valence-corrected chi connectivity index (χ2v) is 6.26. The zero-order valence-electron chi connectivity index (χ0n) is 15.6. The number of esters is 1. The van der Waals surface area contributed by atoms with E-state index < -0.39 is 23.6 Å². The quantitative estimate of drug-likeness (QED) is 0.398. The highest BCUT2D eigenvalue weighted by atomic mass is 16.6. The van der Waals surface area contributed by atoms with Gasteiger partial charge in [-0.15, -0.1) is 0 Å². The molecule has 0 saturated carbocycles. The van der Waals surface area contributed by atoms with Gasteiger partial charge in [0.05, 0.1) is 18.1 Å². The van der Waals surface area contributed by atoms with Gasteiger partial charge in [-0.2, -0.15) is 0 Å². The Bertz CT molecular complexity index is 849. The van der Waals surface area contributed by atoms with Crippen molar-refractivity contribution in [2.45, 2.75) is 6.10 Å². The van der Waals surface area contributed by atoms with E-state index in [0.717, 1.165) is 0 Å². The minimum absolute atomic E-state index is 0.0832. The second kappa shape index (κ2) is 9.65. The number of morpholine rings is 1. The van der Waals surface area contributed by atoms with Gasteiger partial charge in [-0.25, -0.2) is 4.79 Å². The van der Waals surface area contributed by atoms with Crippen LogP contribution >= 0.6 is 0 Å². The molecule has 0 unspecified atom stereocenters. The summed E-state index contributed by atoms with van der Waals surface area (Å²) in [4.78, 5) is 37.0. The summed E-state index contributed by atoms with van der Waals surface area (Å²) in [7, 11) is 0. The maximum atomic E-state index is 12.9. The molecule has 0 N–H and O–H groups in total. The number of non-ortho nitro benzene ring substituents is 1. The number of carbonyl (C=O) groups is 2. The molecule has 0 bridgehead atoms. The van der Waals surface area contributed by atoms with Crippen LogP contribution in [0, 0.1) is 10.1 Å². The molecule has 29 heavy (non-hydrogen) atoms. The zero-order chi connectivity index (χ0) is 20.6. The molecule has 0 radical (unpaired) electrons. The number of benzene rings is 2. The molecule has 9 heteroatoms. The maximum Gasteiger partial charge on any atom is 0.345 e. The Morgan fingerprint density at radius 1 is 1.07 bits per heavy atom. The van der Waals surface area contributed by atoms with Crippen LogP contribution in [0.3, 0.4) is 0 Å². The molecule has 2 aromatic carbocycles. The van der Waals surface area contributed by atoms with Crippen LogP contribution < -0.4 is 4.74 Å². The lowest BCUT2D eigenvalue weighted by atomic mass is 10.1. The van der Waals surface area contributed by atoms with E-state index in [-0.39, 0.29) is 17.3 Å². The van der Waals surface area contributed by atoms with Gasteiger partial charge in [0.25, 0.3) is 11.6 Å². The lowest BCUT2D eigenvalue weighted by Gasteiger charge is -2.30. The Labute approximate surface area is 166 Å². The Hall–Kier alpha value is -3.46. The average Bonchev–Trinajstić information content (AvgIpc) is 2.77. The summed E-state index contributed by atoms with van der Waals surface area (Å²) in [6, 6.07) is 14.1. The third kappa shape index (κ3) is 5.52. The number of ether oxygens (including phenoxy) is 3. The molecule has 9 nitrogen and oxygen atoms in total. The number of hydrogen-bond donors (Lipinski definition) is 0. The number of carbonyl (C=O) groups excluding carboxylic acids is 2. The van der Waals surface area contributed by atoms with Crippen molar-refractivity contribution in [1.82, 2.24) is 4.90 Å². The van der Waals surface area contributed by atoms with Crippen molar-refractivity contribution in [1.29, 1.82) is 0 Å². The van der Waals surface area contributed by atoms with E-state index in [1.54, 1.807) is 35.2 Å². The topological polar surface area (TPSA) is 108 Å². The van der Waals surface area contributed by atoms with Crippen molar-refractivity contribution in [3.8, 4) is 5.75 Å². The predicted molar refractivity (Wildman–Crippen MR) is 101 cm³/mol. The van der Waals surface area contributed by atoms with E-state index in [0.29, 0.717) is 31.9 Å². The Kier molecular flexibility index (Phi) is 6.75. The molecule has 2 aromatic rings. The number of nitrogens with zero attached hydrogens (tertiary/aromatic N) is 2. The molecule has 0 spiro atoms. The van der Waals surface area contributed by atoms with Crippen molar-refractivity contribution >= 4 is 17.6 Å². The number of nitro benzene ring substituents is 1. The minimum Gasteiger partial charge on any atom is -0.482 e. The molecule has 1 aliphatic heterocycles. The summed E-state index contributed by atoms with van der Waals surface area (Å²) in [6.45, 7) is 1.30. The molecule has 1 atom stereocenters. The molecule has 1 saturated heterocycles. The predicted octanol–water partition coefficient (Wildman–Crippen LogP) is 2.12. The van der Waals surface area contributed by atoms with Gasteiger partial charge in [0.15, 0.2) is 6.61 Å². The highest BCUT2D eigenvalue weighted by Crippen LogP contribution is 2.22. The standard InChI is InChI=1S/C20H20N2O7/c23-18(14-28-17-8-6-16(7-9-17)22(25)26)29-19(15-4-2-1-3-5-15)20(24)21-10-12-27-13-11-21/h1-9,19H,10-14H2/t19-/m1/s1. The molecule has 152 valence electrons. The Morgan fingerprint density at radius 2 is 1.72 bits per heavy atom. The molecular weight excluding hydrogens is 380 g/mol. The Balaban J connectivity index is 1.64. The van der Waals surface area contributed by atoms with E-state index in [1.807, 2.05) is 0 Å². The van der Waals surface area contributed by atoms with E-state index >= 15 is 0 Å². The van der Waals surface area contributed by atoms with Gasteiger partial charge in [0, 0.05) is 30.8 Å². The van der Waals surface area contributed by atoms with Crippen molar-refractivity contribution in [2.75, 3.05) is 32.9 Å². The van der Waals surface area contributed by atoms with Crippen LogP contribution in [0.15, 0.2) is 54.6 Å². The first-order valence-electron chi connectivity index (χ1n) is 9.03. The number of amides is 1. The Morgan fingerprint density at radius 3 is 2.34 bits per heavy atom. The fraction of sp³-hybridized carbons (Fsp3) is 0.300. The smallest absolute Gasteiger partial charge is 0.345 e. The largest absolute Gasteiger partial charge is 0.482 e. The molecule has 1 fully saturated rings. The first-order valence-corrected chi connectivity index (χ1v) is 9.03. The molecule has 1 aliphatic rings. The van der Waals surface area contributed by atoms with E-state index in [9.17, 15) is 19.7 Å². The molecule has 1 heterocycles. The van der Waals surface area contributed by atoms with Crippen LogP contribution in [0.25, 0.3) is 0 Å². The van der Waals surface area contributed by atoms with E-state index in [4.69, 9.17) is 14.2 Å². The van der Waals surface area contributed by atoms with Crippen molar-refractivity contribution in [2.24, 2.45) is 0 Å². The van der Waals surface area contributed by atoms with Crippen LogP contribution in [0.4, 0.5) is 5.69 Å². The highest BCUT2D eigenvalue weighted by molar-refractivity contribution is 5.85. The first-order chi connectivity index (χ1) is 14.0. The summed E-state index contributed by atoms with van der Waals surface area (Å²) in [5, 5.41) is 10.7. The van der Waals surface area contributed by atoms with Gasteiger partial charge in [-0.3, -0.25) is 14.9 Å². The van der Waals surface area contributed by atoms with Crippen LogP contribution in [0.1, 0.15) is 11.7 Å². The lowest BCUT2D eigenvalue weighted by molar-refractivity contribution is -0.384. The zero-order valence-corrected chi connectivity index (χ0v) is 15.6. The SMILES string of the molecule is O=C(COc1ccc([N+](=O)[O-])cc1)O[C@@H](C(=O)N1CCOCC1)c1ccccc1. The van der Waals surface area contributed by atoms with Crippen LogP contribution in [-0.4, -0.2) is 54.6 Å². The summed E-state index contributed by atoms with van der Waals surface area (Å²) >= 11 is 0. The fourth-order valence-corrected chi connectivity index (χ4v) is 2.81. The van der Waals surface area contributed by atoms with Gasteiger partial charge in [-0.05, 0) is 12.1 Å². The van der Waals surface area contributed by atoms with E-state index in [1.165, 1.54) is 24.3 Å². The maximum absolute atomic E-state index is 12.9. The third-order valence-electron chi connectivity index (χ3n) is 4.30. The van der Waals surface area contributed by atoms with Crippen molar-refractivity contribution in [3.63, 3.8) is 0 Å². The van der Waals surface area contributed by atoms with E-state index in [2.05, 4.69) is 0 Å². The fourth-order valence-electron chi connectivity index (χ4n) is 2.81. The van der Waals surface area contributed by atoms with Gasteiger partial charge >= 0.3 is 5.97 Å². The highest BCUT2D eigenvalue weighted by Gasteiger charge is 2.30. The van der Waals surface area contributed by atoms with Crippen molar-refractivity contribution in [3.05, 3.63) is 70.3 Å². The molecular formula is C20H20N2O7. The van der Waals surface area contributed by atoms with Gasteiger partial charge in [0.2, 0.25) is 6.10 Å². The van der Waals surface area contributed by atoms with Crippen molar-refractivity contribution < 1.29 is 28.7 Å². The lowest BCUT2D eigenvalue weighted by Crippen LogP contribution is -2.44. The molecule has 0 aliphatic carbocycles. The summed E-state index contributed by atoms with van der Waals surface area (Å²) in [5.41, 5.74) is 0.479. The number of rotatable bonds is 7. The molecule has 3 rings (SSSR count). The average molecular weight is 400 g/mol. The summed E-state index contributed by atoms with van der Waals surface area (Å²) < 4.78 is 16.0. The first kappa shape index (κ1) is 20.3. The van der Waals surface area contributed by atoms with Gasteiger partial charge in [0.1, 0.15) is 5.75 Å². The number of nitro groups is 1. The summed E-state index contributed by atoms with van der Waals surface area (Å²) in [6.07, 6.45) is -1.08.